The van der Waals surface area contributed by atoms with E-state index in [1.54, 1.807) is 0 Å². The predicted octanol–water partition coefficient (Wildman–Crippen LogP) is 4.29. The molecule has 108 valence electrons. The number of ether oxygens (including phenoxy) is 1. The number of nitrogens with two attached hydrogens (primary N) is 1. The van der Waals surface area contributed by atoms with Crippen LogP contribution in [-0.4, -0.2) is 12.6 Å². The molecule has 0 fully saturated rings. The van der Waals surface area contributed by atoms with Crippen LogP contribution in [0.5, 0.6) is 5.75 Å². The normalized spacial score (nSPS) is 12.5. The van der Waals surface area contributed by atoms with Gasteiger partial charge >= 0.3 is 0 Å². The Labute approximate surface area is 117 Å². The van der Waals surface area contributed by atoms with Crippen molar-refractivity contribution < 1.29 is 4.74 Å². The van der Waals surface area contributed by atoms with Gasteiger partial charge in [0.15, 0.2) is 0 Å². The Kier molecular flexibility index (Phi) is 6.54. The maximum absolute atomic E-state index is 5.92. The van der Waals surface area contributed by atoms with E-state index in [2.05, 4.69) is 33.0 Å². The highest BCUT2D eigenvalue weighted by molar-refractivity contribution is 5.61. The molecule has 0 aromatic heterocycles. The minimum atomic E-state index is 0.456. The molecule has 1 atom stereocenters. The molecule has 0 aliphatic rings. The minimum absolute atomic E-state index is 0.456. The molecule has 3 heteroatoms. The number of hydrogen-bond donors (Lipinski definition) is 2. The predicted molar refractivity (Wildman–Crippen MR) is 83.8 cm³/mol. The van der Waals surface area contributed by atoms with Crippen LogP contribution in [0.25, 0.3) is 0 Å². The fourth-order valence-corrected chi connectivity index (χ4v) is 2.34. The second-order valence-corrected chi connectivity index (χ2v) is 5.11. The number of benzene rings is 1. The van der Waals surface area contributed by atoms with Gasteiger partial charge in [0.25, 0.3) is 0 Å². The third-order valence-corrected chi connectivity index (χ3v) is 3.63. The van der Waals surface area contributed by atoms with Gasteiger partial charge in [0.1, 0.15) is 5.75 Å². The highest BCUT2D eigenvalue weighted by Gasteiger charge is 2.13. The van der Waals surface area contributed by atoms with Gasteiger partial charge in [-0.3, -0.25) is 0 Å². The molecule has 0 saturated heterocycles. The molecule has 0 bridgehead atoms. The lowest BCUT2D eigenvalue weighted by atomic mass is 9.95. The largest absolute Gasteiger partial charge is 0.491 e. The summed E-state index contributed by atoms with van der Waals surface area (Å²) in [6.45, 7) is 9.51. The Morgan fingerprint density at radius 1 is 1.21 bits per heavy atom. The second kappa shape index (κ2) is 7.93. The molecular formula is C16H28N2O. The van der Waals surface area contributed by atoms with Crippen molar-refractivity contribution in [1.82, 2.24) is 0 Å². The summed E-state index contributed by atoms with van der Waals surface area (Å²) in [5, 5.41) is 3.55. The van der Waals surface area contributed by atoms with E-state index in [9.17, 15) is 0 Å². The third kappa shape index (κ3) is 4.66. The van der Waals surface area contributed by atoms with E-state index in [0.717, 1.165) is 17.9 Å². The maximum atomic E-state index is 5.92. The van der Waals surface area contributed by atoms with Crippen LogP contribution < -0.4 is 15.8 Å². The number of hydrogen-bond acceptors (Lipinski definition) is 3. The summed E-state index contributed by atoms with van der Waals surface area (Å²) in [4.78, 5) is 0. The van der Waals surface area contributed by atoms with Crippen LogP contribution in [0.4, 0.5) is 11.4 Å². The Balaban J connectivity index is 2.73. The molecule has 0 radical (unpaired) electrons. The average Bonchev–Trinajstić information content (AvgIpc) is 2.40. The molecule has 0 saturated carbocycles. The van der Waals surface area contributed by atoms with Crippen molar-refractivity contribution in [3.63, 3.8) is 0 Å². The minimum Gasteiger partial charge on any atom is -0.491 e. The Hall–Kier alpha value is -1.38. The summed E-state index contributed by atoms with van der Waals surface area (Å²) in [7, 11) is 0. The molecule has 1 aromatic carbocycles. The van der Waals surface area contributed by atoms with Crippen molar-refractivity contribution in [1.29, 1.82) is 0 Å². The van der Waals surface area contributed by atoms with Crippen LogP contribution in [-0.2, 0) is 0 Å². The van der Waals surface area contributed by atoms with E-state index in [0.29, 0.717) is 24.3 Å². The molecule has 0 aliphatic heterocycles. The number of anilines is 2. The first-order valence-electron chi connectivity index (χ1n) is 7.41. The van der Waals surface area contributed by atoms with E-state index in [1.165, 1.54) is 12.8 Å². The van der Waals surface area contributed by atoms with Crippen molar-refractivity contribution in [2.75, 3.05) is 17.7 Å². The van der Waals surface area contributed by atoms with Crippen LogP contribution in [0.3, 0.4) is 0 Å². The van der Waals surface area contributed by atoms with Gasteiger partial charge in [-0.1, -0.05) is 33.6 Å². The SMILES string of the molecule is CCCOc1cc(NC(C)C(CC)CC)ccc1N. The van der Waals surface area contributed by atoms with Gasteiger partial charge in [-0.15, -0.1) is 0 Å². The number of nitrogen functional groups attached to an aromatic ring is 1. The smallest absolute Gasteiger partial charge is 0.144 e. The van der Waals surface area contributed by atoms with Crippen molar-refractivity contribution in [2.24, 2.45) is 5.92 Å². The highest BCUT2D eigenvalue weighted by Crippen LogP contribution is 2.27. The zero-order valence-corrected chi connectivity index (χ0v) is 12.7. The second-order valence-electron chi connectivity index (χ2n) is 5.11. The van der Waals surface area contributed by atoms with Gasteiger partial charge in [0.05, 0.1) is 12.3 Å². The Bertz CT molecular complexity index is 375. The lowest BCUT2D eigenvalue weighted by molar-refractivity contribution is 0.319. The van der Waals surface area contributed by atoms with Gasteiger partial charge in [-0.2, -0.15) is 0 Å². The standard InChI is InChI=1S/C16H28N2O/c1-5-10-19-16-11-14(8-9-15(16)17)18-12(4)13(6-2)7-3/h8-9,11-13,18H,5-7,10,17H2,1-4H3. The molecule has 0 heterocycles. The topological polar surface area (TPSA) is 47.3 Å². The number of nitrogens with one attached hydrogen (secondary N) is 1. The molecule has 3 N–H and O–H groups in total. The molecule has 0 amide bonds. The van der Waals surface area contributed by atoms with Gasteiger partial charge < -0.3 is 15.8 Å². The van der Waals surface area contributed by atoms with Gasteiger partial charge in [-0.25, -0.2) is 0 Å². The summed E-state index contributed by atoms with van der Waals surface area (Å²) in [6, 6.07) is 6.39. The fourth-order valence-electron chi connectivity index (χ4n) is 2.34. The molecule has 0 aliphatic carbocycles. The van der Waals surface area contributed by atoms with E-state index in [1.807, 2.05) is 18.2 Å². The molecule has 19 heavy (non-hydrogen) atoms. The first-order valence-corrected chi connectivity index (χ1v) is 7.41. The molecular weight excluding hydrogens is 236 g/mol. The summed E-state index contributed by atoms with van der Waals surface area (Å²) >= 11 is 0. The van der Waals surface area contributed by atoms with Gasteiger partial charge in [-0.05, 0) is 31.4 Å². The first-order chi connectivity index (χ1) is 9.12. The summed E-state index contributed by atoms with van der Waals surface area (Å²) < 4.78 is 5.66. The zero-order valence-electron chi connectivity index (χ0n) is 12.7. The Morgan fingerprint density at radius 3 is 2.47 bits per heavy atom. The fraction of sp³-hybridized carbons (Fsp3) is 0.625. The van der Waals surface area contributed by atoms with Gasteiger partial charge in [0.2, 0.25) is 0 Å². The summed E-state index contributed by atoms with van der Waals surface area (Å²) in [6.07, 6.45) is 3.37. The summed E-state index contributed by atoms with van der Waals surface area (Å²) in [5.41, 5.74) is 7.71. The van der Waals surface area contributed by atoms with Crippen LogP contribution in [0, 0.1) is 5.92 Å². The highest BCUT2D eigenvalue weighted by atomic mass is 16.5. The van der Waals surface area contributed by atoms with Gasteiger partial charge in [0, 0.05) is 17.8 Å². The molecule has 3 nitrogen and oxygen atoms in total. The van der Waals surface area contributed by atoms with Crippen molar-refractivity contribution in [3.05, 3.63) is 18.2 Å². The van der Waals surface area contributed by atoms with Crippen molar-refractivity contribution in [3.8, 4) is 5.75 Å². The Morgan fingerprint density at radius 2 is 1.89 bits per heavy atom. The van der Waals surface area contributed by atoms with Crippen molar-refractivity contribution >= 4 is 11.4 Å². The lowest BCUT2D eigenvalue weighted by Gasteiger charge is -2.24. The molecule has 1 rings (SSSR count). The maximum Gasteiger partial charge on any atom is 0.144 e. The van der Waals surface area contributed by atoms with Crippen LogP contribution in [0.2, 0.25) is 0 Å². The van der Waals surface area contributed by atoms with E-state index >= 15 is 0 Å². The molecule has 0 spiro atoms. The van der Waals surface area contributed by atoms with Crippen LogP contribution >= 0.6 is 0 Å². The quantitative estimate of drug-likeness (QED) is 0.688. The molecule has 1 aromatic rings. The summed E-state index contributed by atoms with van der Waals surface area (Å²) in [5.74, 6) is 1.47. The average molecular weight is 264 g/mol. The number of rotatable bonds is 8. The third-order valence-electron chi connectivity index (χ3n) is 3.63. The van der Waals surface area contributed by atoms with E-state index in [4.69, 9.17) is 10.5 Å². The van der Waals surface area contributed by atoms with Crippen LogP contribution in [0.15, 0.2) is 18.2 Å². The molecule has 1 unspecified atom stereocenters. The zero-order chi connectivity index (χ0) is 14.3. The monoisotopic (exact) mass is 264 g/mol. The first kappa shape index (κ1) is 15.7. The van der Waals surface area contributed by atoms with E-state index < -0.39 is 0 Å². The van der Waals surface area contributed by atoms with E-state index in [-0.39, 0.29) is 0 Å². The van der Waals surface area contributed by atoms with Crippen LogP contribution in [0.1, 0.15) is 47.0 Å². The van der Waals surface area contributed by atoms with Crippen molar-refractivity contribution in [2.45, 2.75) is 53.0 Å². The lowest BCUT2D eigenvalue weighted by Crippen LogP contribution is -2.25.